The lowest BCUT2D eigenvalue weighted by Gasteiger charge is -2.14. The van der Waals surface area contributed by atoms with Crippen LogP contribution in [0, 0.1) is 0 Å². The molecule has 0 saturated carbocycles. The van der Waals surface area contributed by atoms with Gasteiger partial charge in [-0.05, 0) is 35.4 Å². The first-order chi connectivity index (χ1) is 10.8. The first kappa shape index (κ1) is 14.6. The van der Waals surface area contributed by atoms with Crippen LogP contribution >= 0.6 is 8.53 Å². The number of nitrogens with two attached hydrogens (primary N) is 1. The van der Waals surface area contributed by atoms with Gasteiger partial charge in [0.15, 0.2) is 0 Å². The molecule has 0 spiro atoms. The van der Waals surface area contributed by atoms with Crippen molar-refractivity contribution in [2.45, 2.75) is 0 Å². The molecule has 1 unspecified atom stereocenters. The van der Waals surface area contributed by atoms with Gasteiger partial charge in [0, 0.05) is 0 Å². The Bertz CT molecular complexity index is 702. The van der Waals surface area contributed by atoms with Crippen molar-refractivity contribution < 1.29 is 9.05 Å². The van der Waals surface area contributed by atoms with E-state index in [1.54, 1.807) is 0 Å². The van der Waals surface area contributed by atoms with E-state index in [2.05, 4.69) is 12.1 Å². The van der Waals surface area contributed by atoms with E-state index in [0.29, 0.717) is 11.5 Å². The molecule has 0 heterocycles. The summed E-state index contributed by atoms with van der Waals surface area (Å²) >= 11 is 0. The van der Waals surface area contributed by atoms with Crippen LogP contribution in [-0.2, 0) is 0 Å². The Labute approximate surface area is 131 Å². The lowest BCUT2D eigenvalue weighted by atomic mass is 10.1. The summed E-state index contributed by atoms with van der Waals surface area (Å²) in [6, 6.07) is 27.4. The second kappa shape index (κ2) is 7.08. The third-order valence-electron chi connectivity index (χ3n) is 3.10. The second-order valence-electron chi connectivity index (χ2n) is 4.67. The third-order valence-corrected chi connectivity index (χ3v) is 3.88. The van der Waals surface area contributed by atoms with Gasteiger partial charge >= 0.3 is 8.53 Å². The van der Waals surface area contributed by atoms with E-state index in [4.69, 9.17) is 14.6 Å². The zero-order valence-electron chi connectivity index (χ0n) is 11.9. The quantitative estimate of drug-likeness (QED) is 0.675. The van der Waals surface area contributed by atoms with Crippen molar-refractivity contribution in [1.82, 2.24) is 0 Å². The largest absolute Gasteiger partial charge is 0.427 e. The van der Waals surface area contributed by atoms with Crippen molar-refractivity contribution in [3.05, 3.63) is 84.9 Å². The molecule has 0 aromatic heterocycles. The topological polar surface area (TPSA) is 44.5 Å². The van der Waals surface area contributed by atoms with Crippen molar-refractivity contribution in [3.8, 4) is 22.6 Å². The molecule has 0 radical (unpaired) electrons. The maximum absolute atomic E-state index is 5.91. The normalized spacial score (nSPS) is 11.7. The van der Waals surface area contributed by atoms with Gasteiger partial charge in [0.05, 0.1) is 0 Å². The van der Waals surface area contributed by atoms with E-state index in [9.17, 15) is 0 Å². The van der Waals surface area contributed by atoms with Gasteiger partial charge < -0.3 is 9.05 Å². The highest BCUT2D eigenvalue weighted by Gasteiger charge is 2.08. The van der Waals surface area contributed by atoms with Crippen LogP contribution in [0.25, 0.3) is 11.1 Å². The van der Waals surface area contributed by atoms with E-state index < -0.39 is 8.53 Å². The first-order valence-corrected chi connectivity index (χ1v) is 8.17. The van der Waals surface area contributed by atoms with Gasteiger partial charge in [0.2, 0.25) is 0 Å². The molecule has 3 aromatic carbocycles. The minimum atomic E-state index is -1.50. The fourth-order valence-corrected chi connectivity index (χ4v) is 2.74. The smallest absolute Gasteiger partial charge is 0.378 e. The van der Waals surface area contributed by atoms with Crippen LogP contribution in [0.3, 0.4) is 0 Å². The molecule has 22 heavy (non-hydrogen) atoms. The number of hydrogen-bond acceptors (Lipinski definition) is 3. The fourth-order valence-electron chi connectivity index (χ4n) is 2.05. The zero-order valence-corrected chi connectivity index (χ0v) is 12.8. The Hall–Kier alpha value is -2.35. The molecule has 0 bridgehead atoms. The predicted molar refractivity (Wildman–Crippen MR) is 90.7 cm³/mol. The van der Waals surface area contributed by atoms with E-state index >= 15 is 0 Å². The lowest BCUT2D eigenvalue weighted by Crippen LogP contribution is -2.03. The molecule has 3 aromatic rings. The number of benzene rings is 3. The Morgan fingerprint density at radius 3 is 1.59 bits per heavy atom. The molecule has 0 aliphatic rings. The van der Waals surface area contributed by atoms with Crippen molar-refractivity contribution in [2.24, 2.45) is 5.50 Å². The summed E-state index contributed by atoms with van der Waals surface area (Å²) in [5, 5.41) is 0. The number of rotatable bonds is 5. The Kier molecular flexibility index (Phi) is 4.69. The van der Waals surface area contributed by atoms with E-state index in [1.165, 1.54) is 5.56 Å². The van der Waals surface area contributed by atoms with E-state index in [1.807, 2.05) is 72.8 Å². The maximum Gasteiger partial charge on any atom is 0.378 e. The molecule has 3 nitrogen and oxygen atoms in total. The number of hydrogen-bond donors (Lipinski definition) is 1. The van der Waals surface area contributed by atoms with Crippen LogP contribution in [0.4, 0.5) is 0 Å². The van der Waals surface area contributed by atoms with E-state index in [0.717, 1.165) is 5.56 Å². The Balaban J connectivity index is 1.64. The predicted octanol–water partition coefficient (Wildman–Crippen LogP) is 5.00. The van der Waals surface area contributed by atoms with Gasteiger partial charge in [-0.25, -0.2) is 5.50 Å². The van der Waals surface area contributed by atoms with Crippen LogP contribution in [-0.4, -0.2) is 0 Å². The van der Waals surface area contributed by atoms with Gasteiger partial charge in [-0.3, -0.25) is 0 Å². The molecule has 2 N–H and O–H groups in total. The highest BCUT2D eigenvalue weighted by atomic mass is 31.2. The molecule has 3 rings (SSSR count). The maximum atomic E-state index is 5.91. The van der Waals surface area contributed by atoms with Crippen LogP contribution < -0.4 is 14.6 Å². The molecule has 0 amide bonds. The molecular formula is C18H16NO2P. The summed E-state index contributed by atoms with van der Waals surface area (Å²) in [6.07, 6.45) is 0. The molecule has 0 aliphatic heterocycles. The Morgan fingerprint density at radius 1 is 0.545 bits per heavy atom. The van der Waals surface area contributed by atoms with E-state index in [-0.39, 0.29) is 0 Å². The minimum Gasteiger partial charge on any atom is -0.427 e. The molecule has 1 atom stereocenters. The van der Waals surface area contributed by atoms with Gasteiger partial charge in [-0.2, -0.15) is 0 Å². The monoisotopic (exact) mass is 309 g/mol. The zero-order chi connectivity index (χ0) is 15.2. The summed E-state index contributed by atoms with van der Waals surface area (Å²) < 4.78 is 11.2. The van der Waals surface area contributed by atoms with Gasteiger partial charge in [0.1, 0.15) is 11.5 Å². The first-order valence-electron chi connectivity index (χ1n) is 6.92. The second-order valence-corrected chi connectivity index (χ2v) is 5.61. The summed E-state index contributed by atoms with van der Waals surface area (Å²) in [6.45, 7) is 0. The Morgan fingerprint density at radius 2 is 1.00 bits per heavy atom. The molecule has 4 heteroatoms. The number of para-hydroxylation sites is 1. The molecule has 0 saturated heterocycles. The fraction of sp³-hybridized carbons (Fsp3) is 0. The van der Waals surface area contributed by atoms with Crippen molar-refractivity contribution in [2.75, 3.05) is 0 Å². The van der Waals surface area contributed by atoms with Crippen LogP contribution in [0.2, 0.25) is 0 Å². The molecular weight excluding hydrogens is 293 g/mol. The highest BCUT2D eigenvalue weighted by molar-refractivity contribution is 7.45. The van der Waals surface area contributed by atoms with Crippen LogP contribution in [0.5, 0.6) is 11.5 Å². The van der Waals surface area contributed by atoms with Crippen molar-refractivity contribution in [1.29, 1.82) is 0 Å². The van der Waals surface area contributed by atoms with Crippen molar-refractivity contribution in [3.63, 3.8) is 0 Å². The highest BCUT2D eigenvalue weighted by Crippen LogP contribution is 2.34. The van der Waals surface area contributed by atoms with Gasteiger partial charge in [-0.1, -0.05) is 60.7 Å². The minimum absolute atomic E-state index is 0.698. The van der Waals surface area contributed by atoms with Gasteiger partial charge in [0.25, 0.3) is 0 Å². The molecule has 110 valence electrons. The molecule has 0 fully saturated rings. The third kappa shape index (κ3) is 3.85. The summed E-state index contributed by atoms with van der Waals surface area (Å²) in [4.78, 5) is 0. The van der Waals surface area contributed by atoms with Gasteiger partial charge in [-0.15, -0.1) is 0 Å². The average Bonchev–Trinajstić information content (AvgIpc) is 2.57. The van der Waals surface area contributed by atoms with Crippen LogP contribution in [0.15, 0.2) is 84.9 Å². The average molecular weight is 309 g/mol. The molecule has 0 aliphatic carbocycles. The SMILES string of the molecule is NP(Oc1ccccc1)Oc1ccc(-c2ccccc2)cc1. The lowest BCUT2D eigenvalue weighted by molar-refractivity contribution is 0.491. The standard InChI is InChI=1S/C18H16NO2P/c19-22(20-17-9-5-2-6-10-17)21-18-13-11-16(12-14-18)15-7-3-1-4-8-15/h1-14H,19H2. The van der Waals surface area contributed by atoms with Crippen LogP contribution in [0.1, 0.15) is 0 Å². The summed E-state index contributed by atoms with van der Waals surface area (Å²) in [5.41, 5.74) is 8.22. The summed E-state index contributed by atoms with van der Waals surface area (Å²) in [7, 11) is -1.50. The summed E-state index contributed by atoms with van der Waals surface area (Å²) in [5.74, 6) is 1.40. The van der Waals surface area contributed by atoms with Crippen molar-refractivity contribution >= 4 is 8.53 Å².